The first-order valence-electron chi connectivity index (χ1n) is 11.8. The highest BCUT2D eigenvalue weighted by Crippen LogP contribution is 2.47. The van der Waals surface area contributed by atoms with Gasteiger partial charge in [0.05, 0.1) is 16.3 Å². The molecular weight excluding hydrogens is 512 g/mol. The molecule has 0 radical (unpaired) electrons. The standard InChI is InChI=1S/C25H22ClF2N3O4S/c26-17-11-18(27)16(10-19(17)28)23(12-1-2-12)30-24(32)21-8-14-7-20(14)31(21)25(33)13-5-6-29-22(9-13)36(34,35)15-3-4-15/h5-7,9-12,14-15,21,23H,1-4,8H2,(H,30,32)/t14-,21-,23-/m1/s1. The smallest absolute Gasteiger partial charge is 0.258 e. The number of hydrogen-bond acceptors (Lipinski definition) is 5. The summed E-state index contributed by atoms with van der Waals surface area (Å²) in [5, 5.41) is 1.90. The lowest BCUT2D eigenvalue weighted by Gasteiger charge is -2.27. The fourth-order valence-corrected chi connectivity index (χ4v) is 6.65. The van der Waals surface area contributed by atoms with E-state index in [-0.39, 0.29) is 33.0 Å². The second-order valence-corrected chi connectivity index (χ2v) is 12.4. The quantitative estimate of drug-likeness (QED) is 0.544. The number of hydrogen-bond donors (Lipinski definition) is 1. The molecule has 7 nitrogen and oxygen atoms in total. The zero-order valence-electron chi connectivity index (χ0n) is 19.0. The molecular formula is C25H22ClF2N3O4S. The Morgan fingerprint density at radius 2 is 1.86 bits per heavy atom. The first-order chi connectivity index (χ1) is 17.1. The number of nitrogens with zero attached hydrogens (tertiary/aromatic N) is 2. The summed E-state index contributed by atoms with van der Waals surface area (Å²) in [5.41, 5.74) is 0.854. The molecule has 2 aromatic rings. The molecule has 2 saturated carbocycles. The number of rotatable bonds is 7. The molecule has 0 spiro atoms. The number of aromatic nitrogens is 1. The van der Waals surface area contributed by atoms with Gasteiger partial charge in [-0.2, -0.15) is 0 Å². The van der Waals surface area contributed by atoms with Crippen LogP contribution in [0.1, 0.15) is 54.1 Å². The SMILES string of the molecule is O=C(N[C@@H](c1cc(F)c(Cl)cc1F)C1CC1)[C@H]1C[C@H]2C=C2N1C(=O)c1ccnc(S(=O)(=O)C2CC2)c1. The number of sulfone groups is 1. The Morgan fingerprint density at radius 1 is 1.11 bits per heavy atom. The Balaban J connectivity index is 1.25. The highest BCUT2D eigenvalue weighted by molar-refractivity contribution is 7.92. The van der Waals surface area contributed by atoms with Gasteiger partial charge >= 0.3 is 0 Å². The lowest BCUT2D eigenvalue weighted by molar-refractivity contribution is -0.125. The lowest BCUT2D eigenvalue weighted by Crippen LogP contribution is -2.47. The molecule has 2 heterocycles. The van der Waals surface area contributed by atoms with E-state index in [4.69, 9.17) is 11.6 Å². The minimum atomic E-state index is -3.59. The van der Waals surface area contributed by atoms with Crippen LogP contribution < -0.4 is 5.32 Å². The zero-order valence-corrected chi connectivity index (χ0v) is 20.5. The van der Waals surface area contributed by atoms with E-state index in [1.165, 1.54) is 23.2 Å². The summed E-state index contributed by atoms with van der Waals surface area (Å²) in [7, 11) is -3.59. The summed E-state index contributed by atoms with van der Waals surface area (Å²) >= 11 is 5.69. The number of halogens is 3. The van der Waals surface area contributed by atoms with Gasteiger partial charge in [-0.25, -0.2) is 22.2 Å². The van der Waals surface area contributed by atoms with E-state index in [0.717, 1.165) is 25.0 Å². The minimum Gasteiger partial charge on any atom is -0.347 e. The van der Waals surface area contributed by atoms with Crippen LogP contribution in [0.4, 0.5) is 8.78 Å². The maximum absolute atomic E-state index is 14.7. The third kappa shape index (κ3) is 4.10. The number of likely N-dealkylation sites (tertiary alicyclic amines) is 1. The molecule has 2 amide bonds. The molecule has 1 aliphatic heterocycles. The fourth-order valence-electron chi connectivity index (χ4n) is 4.91. The van der Waals surface area contributed by atoms with E-state index in [9.17, 15) is 26.8 Å². The van der Waals surface area contributed by atoms with Crippen LogP contribution in [0.3, 0.4) is 0 Å². The van der Waals surface area contributed by atoms with Crippen molar-refractivity contribution in [3.8, 4) is 0 Å². The number of nitrogens with one attached hydrogen (secondary N) is 1. The summed E-state index contributed by atoms with van der Waals surface area (Å²) in [5.74, 6) is -2.51. The Bertz CT molecular complexity index is 1440. The van der Waals surface area contributed by atoms with Crippen LogP contribution in [0, 0.1) is 23.5 Å². The molecule has 6 rings (SSSR count). The van der Waals surface area contributed by atoms with Gasteiger partial charge < -0.3 is 5.32 Å². The Morgan fingerprint density at radius 3 is 2.56 bits per heavy atom. The molecule has 1 aromatic carbocycles. The lowest BCUT2D eigenvalue weighted by atomic mass is 10.00. The van der Waals surface area contributed by atoms with Gasteiger partial charge in [0.2, 0.25) is 5.91 Å². The average Bonchev–Trinajstić information content (AvgIpc) is 3.72. The van der Waals surface area contributed by atoms with Crippen LogP contribution in [-0.2, 0) is 14.6 Å². The topological polar surface area (TPSA) is 96.4 Å². The van der Waals surface area contributed by atoms with E-state index < -0.39 is 50.6 Å². The first kappa shape index (κ1) is 23.5. The van der Waals surface area contributed by atoms with Crippen molar-refractivity contribution in [1.82, 2.24) is 15.2 Å². The minimum absolute atomic E-state index is 0.0229. The van der Waals surface area contributed by atoms with Crippen LogP contribution in [0.2, 0.25) is 5.02 Å². The van der Waals surface area contributed by atoms with E-state index in [0.29, 0.717) is 25.0 Å². The second-order valence-electron chi connectivity index (χ2n) is 9.86. The zero-order chi connectivity index (χ0) is 25.4. The summed E-state index contributed by atoms with van der Waals surface area (Å²) < 4.78 is 54.0. The van der Waals surface area contributed by atoms with Crippen molar-refractivity contribution in [3.05, 3.63) is 70.0 Å². The summed E-state index contributed by atoms with van der Waals surface area (Å²) in [4.78, 5) is 32.2. The highest BCUT2D eigenvalue weighted by Gasteiger charge is 2.50. The van der Waals surface area contributed by atoms with Gasteiger partial charge in [-0.05, 0) is 62.3 Å². The Labute approximate surface area is 211 Å². The van der Waals surface area contributed by atoms with Gasteiger partial charge in [0.15, 0.2) is 14.9 Å². The molecule has 4 aliphatic rings. The summed E-state index contributed by atoms with van der Waals surface area (Å²) in [6, 6.07) is 3.01. The van der Waals surface area contributed by atoms with Gasteiger partial charge in [-0.15, -0.1) is 0 Å². The maximum Gasteiger partial charge on any atom is 0.258 e. The average molecular weight is 534 g/mol. The van der Waals surface area contributed by atoms with Crippen molar-refractivity contribution in [2.45, 2.75) is 54.5 Å². The maximum atomic E-state index is 14.7. The van der Waals surface area contributed by atoms with Crippen molar-refractivity contribution < 1.29 is 26.8 Å². The van der Waals surface area contributed by atoms with Crippen LogP contribution in [0.15, 0.2) is 47.3 Å². The van der Waals surface area contributed by atoms with Crippen molar-refractivity contribution in [3.63, 3.8) is 0 Å². The molecule has 0 bridgehead atoms. The molecule has 1 N–H and O–H groups in total. The number of pyridine rings is 1. The summed E-state index contributed by atoms with van der Waals surface area (Å²) in [6.45, 7) is 0. The van der Waals surface area contributed by atoms with Gasteiger partial charge in [0, 0.05) is 28.9 Å². The second kappa shape index (κ2) is 8.34. The molecule has 36 heavy (non-hydrogen) atoms. The third-order valence-corrected chi connectivity index (χ3v) is 9.68. The van der Waals surface area contributed by atoms with Crippen molar-refractivity contribution in [1.29, 1.82) is 0 Å². The number of carbonyl (C=O) groups is 2. The number of amides is 2. The number of allylic oxidation sites excluding steroid dienone is 2. The molecule has 3 aliphatic carbocycles. The van der Waals surface area contributed by atoms with Crippen LogP contribution in [0.25, 0.3) is 0 Å². The van der Waals surface area contributed by atoms with Gasteiger partial charge in [0.1, 0.15) is 17.7 Å². The normalized spacial score (nSPS) is 23.6. The van der Waals surface area contributed by atoms with Gasteiger partial charge in [-0.1, -0.05) is 17.7 Å². The van der Waals surface area contributed by atoms with E-state index in [2.05, 4.69) is 10.3 Å². The highest BCUT2D eigenvalue weighted by atomic mass is 35.5. The van der Waals surface area contributed by atoms with E-state index in [1.807, 2.05) is 6.08 Å². The van der Waals surface area contributed by atoms with Crippen LogP contribution in [-0.4, -0.2) is 41.4 Å². The van der Waals surface area contributed by atoms with Crippen molar-refractivity contribution in [2.75, 3.05) is 0 Å². The monoisotopic (exact) mass is 533 g/mol. The van der Waals surface area contributed by atoms with Crippen LogP contribution in [0.5, 0.6) is 0 Å². The Hall–Kier alpha value is -2.85. The van der Waals surface area contributed by atoms with E-state index >= 15 is 0 Å². The summed E-state index contributed by atoms with van der Waals surface area (Å²) in [6.07, 6.45) is 6.19. The molecule has 1 saturated heterocycles. The molecule has 0 unspecified atom stereocenters. The van der Waals surface area contributed by atoms with Crippen LogP contribution >= 0.6 is 11.6 Å². The predicted octanol–water partition coefficient (Wildman–Crippen LogP) is 3.95. The van der Waals surface area contributed by atoms with E-state index in [1.54, 1.807) is 0 Å². The number of fused-ring (bicyclic) bond motifs is 1. The molecule has 1 aromatic heterocycles. The molecule has 11 heteroatoms. The molecule has 3 atom stereocenters. The first-order valence-corrected chi connectivity index (χ1v) is 13.8. The molecule has 3 fully saturated rings. The Kier molecular flexibility index (Phi) is 5.46. The molecule has 188 valence electrons. The third-order valence-electron chi connectivity index (χ3n) is 7.23. The number of carbonyl (C=O) groups excluding carboxylic acids is 2. The predicted molar refractivity (Wildman–Crippen MR) is 126 cm³/mol. The fraction of sp³-hybridized carbons (Fsp3) is 0.400. The largest absolute Gasteiger partial charge is 0.347 e. The van der Waals surface area contributed by atoms with Crippen molar-refractivity contribution in [2.24, 2.45) is 11.8 Å². The van der Waals surface area contributed by atoms with Crippen molar-refractivity contribution >= 4 is 33.3 Å². The number of benzene rings is 1. The van der Waals surface area contributed by atoms with Gasteiger partial charge in [-0.3, -0.25) is 14.5 Å². The van der Waals surface area contributed by atoms with Gasteiger partial charge in [0.25, 0.3) is 5.91 Å².